The highest BCUT2D eigenvalue weighted by Crippen LogP contribution is 2.42. The topological polar surface area (TPSA) is 27.7 Å². The first-order valence-corrected chi connectivity index (χ1v) is 7.26. The van der Waals surface area contributed by atoms with Crippen LogP contribution in [0.1, 0.15) is 30.9 Å². The summed E-state index contributed by atoms with van der Waals surface area (Å²) in [6.45, 7) is 5.77. The molecule has 1 aromatic carbocycles. The molecule has 3 nitrogen and oxygen atoms in total. The Balaban J connectivity index is 1.87. The molecule has 3 heteroatoms. The van der Waals surface area contributed by atoms with Crippen molar-refractivity contribution in [3.8, 4) is 5.75 Å². The number of hydrogen-bond acceptors (Lipinski definition) is 3. The molecule has 0 amide bonds. The molecule has 0 radical (unpaired) electrons. The monoisotopic (exact) mass is 274 g/mol. The van der Waals surface area contributed by atoms with E-state index in [9.17, 15) is 0 Å². The van der Waals surface area contributed by atoms with Crippen molar-refractivity contribution in [3.05, 3.63) is 35.4 Å². The van der Waals surface area contributed by atoms with Gasteiger partial charge in [0.25, 0.3) is 0 Å². The zero-order chi connectivity index (χ0) is 14.2. The highest BCUT2D eigenvalue weighted by molar-refractivity contribution is 5.69. The number of methoxy groups -OCH3 is 1. The Kier molecular flexibility index (Phi) is 3.57. The lowest BCUT2D eigenvalue weighted by Gasteiger charge is -2.34. The fourth-order valence-electron chi connectivity index (χ4n) is 3.32. The number of ether oxygens (including phenoxy) is 3. The van der Waals surface area contributed by atoms with Crippen molar-refractivity contribution in [3.63, 3.8) is 0 Å². The molecule has 0 bridgehead atoms. The first-order chi connectivity index (χ1) is 9.63. The van der Waals surface area contributed by atoms with E-state index in [0.717, 1.165) is 31.8 Å². The van der Waals surface area contributed by atoms with E-state index in [0.29, 0.717) is 5.92 Å². The average Bonchev–Trinajstić information content (AvgIpc) is 2.87. The third-order valence-corrected chi connectivity index (χ3v) is 4.32. The summed E-state index contributed by atoms with van der Waals surface area (Å²) in [5, 5.41) is 0. The first kappa shape index (κ1) is 13.7. The van der Waals surface area contributed by atoms with Crippen LogP contribution in [0.3, 0.4) is 0 Å². The van der Waals surface area contributed by atoms with Crippen molar-refractivity contribution in [2.24, 2.45) is 5.92 Å². The second-order valence-corrected chi connectivity index (χ2v) is 5.76. The molecule has 1 heterocycles. The van der Waals surface area contributed by atoms with Crippen molar-refractivity contribution in [2.75, 3.05) is 20.3 Å². The van der Waals surface area contributed by atoms with Crippen molar-refractivity contribution < 1.29 is 14.2 Å². The standard InChI is InChI=1S/C17H22O3/c1-12-10-14(4-5-16(12)18-3)15-6-7-17(11-13(15)2)19-8-9-20-17/h4-6,10,13H,7-9,11H2,1-3H3. The van der Waals surface area contributed by atoms with Crippen LogP contribution < -0.4 is 4.74 Å². The molecule has 1 unspecified atom stereocenters. The third-order valence-electron chi connectivity index (χ3n) is 4.32. The zero-order valence-electron chi connectivity index (χ0n) is 12.4. The van der Waals surface area contributed by atoms with Crippen LogP contribution in [0.25, 0.3) is 5.57 Å². The number of hydrogen-bond donors (Lipinski definition) is 0. The molecule has 0 aromatic heterocycles. The van der Waals surface area contributed by atoms with Gasteiger partial charge in [0.2, 0.25) is 0 Å². The number of allylic oxidation sites excluding steroid dienone is 1. The number of benzene rings is 1. The fraction of sp³-hybridized carbons (Fsp3) is 0.529. The second kappa shape index (κ2) is 5.23. The van der Waals surface area contributed by atoms with Gasteiger partial charge in [0.15, 0.2) is 5.79 Å². The van der Waals surface area contributed by atoms with Gasteiger partial charge in [-0.2, -0.15) is 0 Å². The summed E-state index contributed by atoms with van der Waals surface area (Å²) in [6, 6.07) is 6.39. The summed E-state index contributed by atoms with van der Waals surface area (Å²) in [5.74, 6) is 1.02. The van der Waals surface area contributed by atoms with Gasteiger partial charge in [-0.3, -0.25) is 0 Å². The Hall–Kier alpha value is -1.32. The molecule has 1 atom stereocenters. The molecule has 0 saturated carbocycles. The van der Waals surface area contributed by atoms with Gasteiger partial charge in [-0.05, 0) is 41.7 Å². The summed E-state index contributed by atoms with van der Waals surface area (Å²) in [6.07, 6.45) is 4.06. The second-order valence-electron chi connectivity index (χ2n) is 5.76. The molecule has 108 valence electrons. The summed E-state index contributed by atoms with van der Waals surface area (Å²) in [5.41, 5.74) is 3.84. The van der Waals surface area contributed by atoms with Crippen molar-refractivity contribution in [1.29, 1.82) is 0 Å². The summed E-state index contributed by atoms with van der Waals surface area (Å²) >= 11 is 0. The van der Waals surface area contributed by atoms with E-state index in [-0.39, 0.29) is 5.79 Å². The van der Waals surface area contributed by atoms with Crippen LogP contribution in [0.4, 0.5) is 0 Å². The Morgan fingerprint density at radius 3 is 2.60 bits per heavy atom. The summed E-state index contributed by atoms with van der Waals surface area (Å²) in [4.78, 5) is 0. The van der Waals surface area contributed by atoms with E-state index >= 15 is 0 Å². The Morgan fingerprint density at radius 2 is 2.00 bits per heavy atom. The van der Waals surface area contributed by atoms with Crippen LogP contribution in [0.15, 0.2) is 24.3 Å². The average molecular weight is 274 g/mol. The molecule has 1 aliphatic heterocycles. The van der Waals surface area contributed by atoms with Gasteiger partial charge in [0.1, 0.15) is 5.75 Å². The maximum Gasteiger partial charge on any atom is 0.172 e. The molecule has 3 rings (SSSR count). The minimum absolute atomic E-state index is 0.357. The van der Waals surface area contributed by atoms with Crippen LogP contribution in [0.2, 0.25) is 0 Å². The molecule has 0 N–H and O–H groups in total. The minimum Gasteiger partial charge on any atom is -0.496 e. The summed E-state index contributed by atoms with van der Waals surface area (Å²) in [7, 11) is 1.71. The molecule has 1 spiro atoms. The predicted molar refractivity (Wildman–Crippen MR) is 78.7 cm³/mol. The lowest BCUT2D eigenvalue weighted by molar-refractivity contribution is -0.165. The van der Waals surface area contributed by atoms with Crippen LogP contribution in [-0.4, -0.2) is 26.1 Å². The van der Waals surface area contributed by atoms with E-state index < -0.39 is 0 Å². The van der Waals surface area contributed by atoms with Crippen LogP contribution in [0.5, 0.6) is 5.75 Å². The van der Waals surface area contributed by atoms with Gasteiger partial charge >= 0.3 is 0 Å². The van der Waals surface area contributed by atoms with Gasteiger partial charge in [0, 0.05) is 12.8 Å². The number of rotatable bonds is 2. The van der Waals surface area contributed by atoms with Gasteiger partial charge < -0.3 is 14.2 Å². The Morgan fingerprint density at radius 1 is 1.25 bits per heavy atom. The van der Waals surface area contributed by atoms with Crippen molar-refractivity contribution >= 4 is 5.57 Å². The Bertz CT molecular complexity index is 527. The Labute approximate surface area is 120 Å². The molecular weight excluding hydrogens is 252 g/mol. The van der Waals surface area contributed by atoms with Crippen LogP contribution >= 0.6 is 0 Å². The van der Waals surface area contributed by atoms with Gasteiger partial charge in [-0.1, -0.05) is 19.1 Å². The maximum absolute atomic E-state index is 5.81. The largest absolute Gasteiger partial charge is 0.496 e. The van der Waals surface area contributed by atoms with Crippen molar-refractivity contribution in [2.45, 2.75) is 32.5 Å². The van der Waals surface area contributed by atoms with Crippen LogP contribution in [0, 0.1) is 12.8 Å². The number of aryl methyl sites for hydroxylation is 1. The first-order valence-electron chi connectivity index (χ1n) is 7.26. The van der Waals surface area contributed by atoms with E-state index in [1.165, 1.54) is 16.7 Å². The lowest BCUT2D eigenvalue weighted by Crippen LogP contribution is -2.34. The SMILES string of the molecule is COc1ccc(C2=CCC3(CC2C)OCCO3)cc1C. The quantitative estimate of drug-likeness (QED) is 0.825. The predicted octanol–water partition coefficient (Wildman–Crippen LogP) is 3.56. The van der Waals surface area contributed by atoms with Gasteiger partial charge in [0.05, 0.1) is 20.3 Å². The van der Waals surface area contributed by atoms with E-state index in [1.807, 2.05) is 6.07 Å². The molecular formula is C17H22O3. The van der Waals surface area contributed by atoms with E-state index in [1.54, 1.807) is 7.11 Å². The maximum atomic E-state index is 5.81. The fourth-order valence-corrected chi connectivity index (χ4v) is 3.32. The zero-order valence-corrected chi connectivity index (χ0v) is 12.4. The smallest absolute Gasteiger partial charge is 0.172 e. The van der Waals surface area contributed by atoms with Crippen molar-refractivity contribution in [1.82, 2.24) is 0 Å². The highest BCUT2D eigenvalue weighted by atomic mass is 16.7. The molecule has 2 aliphatic rings. The normalized spacial score (nSPS) is 24.8. The minimum atomic E-state index is -0.357. The summed E-state index contributed by atoms with van der Waals surface area (Å²) < 4.78 is 16.9. The van der Waals surface area contributed by atoms with E-state index in [2.05, 4.69) is 32.1 Å². The molecule has 1 aromatic rings. The lowest BCUT2D eigenvalue weighted by atomic mass is 9.81. The molecule has 20 heavy (non-hydrogen) atoms. The van der Waals surface area contributed by atoms with Gasteiger partial charge in [-0.15, -0.1) is 0 Å². The molecule has 1 fully saturated rings. The molecule has 1 saturated heterocycles. The van der Waals surface area contributed by atoms with Crippen LogP contribution in [-0.2, 0) is 9.47 Å². The highest BCUT2D eigenvalue weighted by Gasteiger charge is 2.40. The van der Waals surface area contributed by atoms with Gasteiger partial charge in [-0.25, -0.2) is 0 Å². The van der Waals surface area contributed by atoms with E-state index in [4.69, 9.17) is 14.2 Å². The molecule has 1 aliphatic carbocycles. The third kappa shape index (κ3) is 2.36.